The van der Waals surface area contributed by atoms with Gasteiger partial charge in [0.05, 0.1) is 21.7 Å². The average Bonchev–Trinajstić information content (AvgIpc) is 2.71. The molecule has 0 fully saturated rings. The van der Waals surface area contributed by atoms with Crippen molar-refractivity contribution >= 4 is 26.5 Å². The van der Waals surface area contributed by atoms with Crippen LogP contribution < -0.4 is 10.3 Å². The van der Waals surface area contributed by atoms with Crippen LogP contribution in [0.2, 0.25) is 0 Å². The van der Waals surface area contributed by atoms with E-state index in [1.165, 1.54) is 0 Å². The van der Waals surface area contributed by atoms with Gasteiger partial charge >= 0.3 is 0 Å². The molecule has 29 heavy (non-hydrogen) atoms. The van der Waals surface area contributed by atoms with Crippen molar-refractivity contribution in [3.8, 4) is 11.3 Å². The molecule has 0 bridgehead atoms. The van der Waals surface area contributed by atoms with Gasteiger partial charge in [0, 0.05) is 10.9 Å². The van der Waals surface area contributed by atoms with Gasteiger partial charge in [-0.15, -0.1) is 0 Å². The number of sulfonamides is 1. The Morgan fingerprint density at radius 2 is 1.55 bits per heavy atom. The lowest BCUT2D eigenvalue weighted by Gasteiger charge is -2.14. The van der Waals surface area contributed by atoms with Crippen molar-refractivity contribution in [2.75, 3.05) is 4.72 Å². The van der Waals surface area contributed by atoms with Gasteiger partial charge in [0.25, 0.3) is 15.6 Å². The fourth-order valence-corrected chi connectivity index (χ4v) is 4.66. The quantitative estimate of drug-likeness (QED) is 0.537. The molecule has 0 aliphatic heterocycles. The van der Waals surface area contributed by atoms with Crippen molar-refractivity contribution in [3.63, 3.8) is 0 Å². The van der Waals surface area contributed by atoms with Crippen LogP contribution in [0.3, 0.4) is 0 Å². The summed E-state index contributed by atoms with van der Waals surface area (Å²) in [4.78, 5) is 12.2. The molecule has 146 valence electrons. The summed E-state index contributed by atoms with van der Waals surface area (Å²) in [5.41, 5.74) is 2.82. The summed E-state index contributed by atoms with van der Waals surface area (Å²) in [6.45, 7) is 3.59. The van der Waals surface area contributed by atoms with E-state index in [1.54, 1.807) is 55.5 Å². The third kappa shape index (κ3) is 3.52. The molecule has 0 saturated carbocycles. The monoisotopic (exact) mass is 405 g/mol. The highest BCUT2D eigenvalue weighted by Crippen LogP contribution is 2.29. The van der Waals surface area contributed by atoms with Gasteiger partial charge in [-0.05, 0) is 43.2 Å². The first kappa shape index (κ1) is 18.9. The summed E-state index contributed by atoms with van der Waals surface area (Å²) in [5.74, 6) is 0. The topological polar surface area (TPSA) is 91.9 Å². The van der Waals surface area contributed by atoms with Crippen LogP contribution in [0.25, 0.3) is 22.0 Å². The molecular formula is C22H19N3O3S. The van der Waals surface area contributed by atoms with Gasteiger partial charge in [-0.25, -0.2) is 13.5 Å². The van der Waals surface area contributed by atoms with Crippen LogP contribution in [0, 0.1) is 13.8 Å². The third-order valence-corrected chi connectivity index (χ3v) is 6.34. The van der Waals surface area contributed by atoms with E-state index in [4.69, 9.17) is 0 Å². The zero-order valence-corrected chi connectivity index (χ0v) is 16.7. The van der Waals surface area contributed by atoms with Gasteiger partial charge in [0.1, 0.15) is 0 Å². The molecule has 3 aromatic carbocycles. The third-order valence-electron chi connectivity index (χ3n) is 4.84. The van der Waals surface area contributed by atoms with Gasteiger partial charge in [0.2, 0.25) is 0 Å². The molecule has 0 saturated heterocycles. The minimum atomic E-state index is -3.81. The van der Waals surface area contributed by atoms with Gasteiger partial charge < -0.3 is 0 Å². The van der Waals surface area contributed by atoms with Crippen LogP contribution in [-0.4, -0.2) is 18.6 Å². The number of aromatic nitrogens is 2. The number of para-hydroxylation sites is 1. The Hall–Kier alpha value is -3.45. The lowest BCUT2D eigenvalue weighted by Crippen LogP contribution is -2.15. The number of H-pyrrole nitrogens is 1. The first-order valence-corrected chi connectivity index (χ1v) is 10.5. The predicted molar refractivity (Wildman–Crippen MR) is 115 cm³/mol. The summed E-state index contributed by atoms with van der Waals surface area (Å²) in [5, 5.41) is 7.83. The van der Waals surface area contributed by atoms with E-state index in [9.17, 15) is 13.2 Å². The van der Waals surface area contributed by atoms with E-state index in [1.807, 2.05) is 25.1 Å². The number of nitrogens with zero attached hydrogens (tertiary/aromatic N) is 1. The van der Waals surface area contributed by atoms with Crippen LogP contribution in [0.5, 0.6) is 0 Å². The van der Waals surface area contributed by atoms with Crippen LogP contribution in [0.1, 0.15) is 11.1 Å². The number of fused-ring (bicyclic) bond motifs is 1. The summed E-state index contributed by atoms with van der Waals surface area (Å²) in [7, 11) is -3.81. The Bertz CT molecular complexity index is 1390. The number of benzene rings is 3. The van der Waals surface area contributed by atoms with Gasteiger partial charge in [-0.3, -0.25) is 9.52 Å². The molecule has 0 spiro atoms. The largest absolute Gasteiger partial charge is 0.279 e. The molecule has 0 amide bonds. The molecule has 6 nitrogen and oxygen atoms in total. The second kappa shape index (κ2) is 7.18. The van der Waals surface area contributed by atoms with Gasteiger partial charge in [0.15, 0.2) is 0 Å². The predicted octanol–water partition coefficient (Wildman–Crippen LogP) is 4.01. The number of nitrogens with one attached hydrogen (secondary N) is 2. The average molecular weight is 405 g/mol. The fraction of sp³-hybridized carbons (Fsp3) is 0.0909. The fourth-order valence-electron chi connectivity index (χ4n) is 3.26. The van der Waals surface area contributed by atoms with Crippen LogP contribution in [0.15, 0.2) is 76.4 Å². The molecule has 0 aliphatic rings. The molecule has 0 radical (unpaired) electrons. The number of aromatic amines is 1. The Kier molecular flexibility index (Phi) is 4.68. The zero-order chi connectivity index (χ0) is 20.6. The maximum Gasteiger partial charge on any atom is 0.272 e. The van der Waals surface area contributed by atoms with Crippen molar-refractivity contribution in [2.24, 2.45) is 0 Å². The molecule has 0 aliphatic carbocycles. The number of rotatable bonds is 4. The molecule has 0 atom stereocenters. The standard InChI is InChI=1S/C22H19N3O3S/c1-14-7-3-6-10-19(14)25-29(27,28)20-13-16(12-11-15(20)2)21-17-8-4-5-9-18(17)22(26)24-23-21/h3-13,25H,1-2H3,(H,24,26). The second-order valence-electron chi connectivity index (χ2n) is 6.85. The normalized spacial score (nSPS) is 11.5. The van der Waals surface area contributed by atoms with Crippen LogP contribution in [-0.2, 0) is 10.0 Å². The molecule has 4 rings (SSSR count). The highest BCUT2D eigenvalue weighted by Gasteiger charge is 2.20. The summed E-state index contributed by atoms with van der Waals surface area (Å²) in [6, 6.07) is 19.4. The van der Waals surface area contributed by atoms with Gasteiger partial charge in [-0.2, -0.15) is 5.10 Å². The summed E-state index contributed by atoms with van der Waals surface area (Å²) >= 11 is 0. The van der Waals surface area contributed by atoms with E-state index >= 15 is 0 Å². The zero-order valence-electron chi connectivity index (χ0n) is 15.9. The highest BCUT2D eigenvalue weighted by molar-refractivity contribution is 7.92. The smallest absolute Gasteiger partial charge is 0.272 e. The highest BCUT2D eigenvalue weighted by atomic mass is 32.2. The minimum Gasteiger partial charge on any atom is -0.279 e. The SMILES string of the molecule is Cc1ccccc1NS(=O)(=O)c1cc(-c2n[nH]c(=O)c3ccccc23)ccc1C. The van der Waals surface area contributed by atoms with E-state index in [0.717, 1.165) is 5.56 Å². The lowest BCUT2D eigenvalue weighted by molar-refractivity contribution is 0.600. The minimum absolute atomic E-state index is 0.162. The number of hydrogen-bond acceptors (Lipinski definition) is 4. The molecule has 4 aromatic rings. The maximum atomic E-state index is 13.1. The van der Waals surface area contributed by atoms with E-state index in [-0.39, 0.29) is 10.5 Å². The summed E-state index contributed by atoms with van der Waals surface area (Å²) < 4.78 is 28.8. The number of hydrogen-bond donors (Lipinski definition) is 2. The molecule has 2 N–H and O–H groups in total. The van der Waals surface area contributed by atoms with Crippen molar-refractivity contribution in [1.29, 1.82) is 0 Å². The van der Waals surface area contributed by atoms with Crippen molar-refractivity contribution in [2.45, 2.75) is 18.7 Å². The van der Waals surface area contributed by atoms with E-state index in [0.29, 0.717) is 33.3 Å². The number of aryl methyl sites for hydroxylation is 2. The van der Waals surface area contributed by atoms with Gasteiger partial charge in [-0.1, -0.05) is 48.5 Å². The van der Waals surface area contributed by atoms with Crippen LogP contribution >= 0.6 is 0 Å². The molecule has 7 heteroatoms. The molecule has 1 heterocycles. The van der Waals surface area contributed by atoms with Crippen molar-refractivity contribution < 1.29 is 8.42 Å². The second-order valence-corrected chi connectivity index (χ2v) is 8.50. The van der Waals surface area contributed by atoms with Crippen LogP contribution in [0.4, 0.5) is 5.69 Å². The first-order valence-electron chi connectivity index (χ1n) is 9.04. The Labute approximate surface area is 168 Å². The summed E-state index contributed by atoms with van der Waals surface area (Å²) in [6.07, 6.45) is 0. The molecule has 0 unspecified atom stereocenters. The Morgan fingerprint density at radius 1 is 0.862 bits per heavy atom. The Balaban J connectivity index is 1.85. The van der Waals surface area contributed by atoms with E-state index in [2.05, 4.69) is 14.9 Å². The number of anilines is 1. The maximum absolute atomic E-state index is 13.1. The first-order chi connectivity index (χ1) is 13.9. The van der Waals surface area contributed by atoms with Crippen molar-refractivity contribution in [1.82, 2.24) is 10.2 Å². The van der Waals surface area contributed by atoms with E-state index < -0.39 is 10.0 Å². The lowest BCUT2D eigenvalue weighted by atomic mass is 10.0. The van der Waals surface area contributed by atoms with Crippen molar-refractivity contribution in [3.05, 3.63) is 88.2 Å². The molecule has 1 aromatic heterocycles. The Morgan fingerprint density at radius 3 is 2.31 bits per heavy atom. The molecular weight excluding hydrogens is 386 g/mol.